The van der Waals surface area contributed by atoms with Crippen LogP contribution in [0.25, 0.3) is 64.9 Å². The average Bonchev–Trinajstić information content (AvgIpc) is 3.63. The van der Waals surface area contributed by atoms with E-state index >= 15 is 0 Å². The van der Waals surface area contributed by atoms with E-state index in [-0.39, 0.29) is 16.6 Å². The highest BCUT2D eigenvalue weighted by Crippen LogP contribution is 2.48. The van der Waals surface area contributed by atoms with Crippen molar-refractivity contribution >= 4 is 48.7 Å². The van der Waals surface area contributed by atoms with E-state index in [1.807, 2.05) is 18.3 Å². The predicted molar refractivity (Wildman–Crippen MR) is 250 cm³/mol. The number of benzene rings is 6. The minimum absolute atomic E-state index is 0.150. The van der Waals surface area contributed by atoms with Crippen LogP contribution in [0.15, 0.2) is 170 Å². The molecule has 0 spiro atoms. The Morgan fingerprint density at radius 1 is 0.542 bits per heavy atom. The first-order chi connectivity index (χ1) is 28.4. The topological polar surface area (TPSA) is 49.2 Å². The molecule has 9 aromatic rings. The van der Waals surface area contributed by atoms with Crippen LogP contribution in [-0.2, 0) is 10.8 Å². The third-order valence-corrected chi connectivity index (χ3v) is 12.3. The van der Waals surface area contributed by atoms with Gasteiger partial charge in [0.15, 0.2) is 0 Å². The van der Waals surface area contributed by atoms with Crippen LogP contribution in [0.1, 0.15) is 52.7 Å². The van der Waals surface area contributed by atoms with Gasteiger partial charge in [0, 0.05) is 49.6 Å². The molecule has 0 fully saturated rings. The van der Waals surface area contributed by atoms with E-state index in [1.54, 1.807) is 11.3 Å². The lowest BCUT2D eigenvalue weighted by molar-refractivity contribution is 0.446. The molecule has 0 saturated carbocycles. The van der Waals surface area contributed by atoms with Crippen molar-refractivity contribution in [3.8, 4) is 50.5 Å². The number of hydrogen-bond acceptors (Lipinski definition) is 5. The summed E-state index contributed by atoms with van der Waals surface area (Å²) in [5.41, 5.74) is 11.3. The molecule has 0 unspecified atom stereocenters. The molecule has 0 aliphatic heterocycles. The summed E-state index contributed by atoms with van der Waals surface area (Å²) in [4.78, 5) is 12.8. The van der Waals surface area contributed by atoms with Gasteiger partial charge in [0.2, 0.25) is 0 Å². The maximum atomic E-state index is 12.3. The van der Waals surface area contributed by atoms with Crippen LogP contribution in [-0.4, -0.2) is 15.1 Å². The number of phenolic OH excluding ortho intramolecular Hbond substituents is 1. The van der Waals surface area contributed by atoms with Crippen LogP contribution >= 0.6 is 11.3 Å². The maximum Gasteiger partial charge on any atom is 0.137 e. The van der Waals surface area contributed by atoms with Gasteiger partial charge in [0.1, 0.15) is 11.6 Å². The largest absolute Gasteiger partial charge is 0.507 e. The van der Waals surface area contributed by atoms with Crippen LogP contribution in [0.2, 0.25) is 0 Å². The number of aromatic hydroxyl groups is 1. The third-order valence-electron chi connectivity index (χ3n) is 11.1. The van der Waals surface area contributed by atoms with E-state index in [2.05, 4.69) is 198 Å². The van der Waals surface area contributed by atoms with Gasteiger partial charge in [0.25, 0.3) is 0 Å². The summed E-state index contributed by atoms with van der Waals surface area (Å²) >= 11 is 1.73. The van der Waals surface area contributed by atoms with Gasteiger partial charge in [-0.1, -0.05) is 151 Å². The molecule has 0 bridgehead atoms. The average molecular weight is 786 g/mol. The van der Waals surface area contributed by atoms with Crippen molar-refractivity contribution in [2.75, 3.05) is 4.90 Å². The lowest BCUT2D eigenvalue weighted by Gasteiger charge is -2.28. The molecule has 4 nitrogen and oxygen atoms in total. The van der Waals surface area contributed by atoms with E-state index in [0.717, 1.165) is 83.2 Å². The van der Waals surface area contributed by atoms with Crippen molar-refractivity contribution < 1.29 is 5.11 Å². The molecule has 5 heteroatoms. The highest BCUT2D eigenvalue weighted by Gasteiger charge is 2.28. The second-order valence-electron chi connectivity index (χ2n) is 17.3. The van der Waals surface area contributed by atoms with Gasteiger partial charge >= 0.3 is 0 Å². The van der Waals surface area contributed by atoms with Crippen LogP contribution in [0, 0.1) is 0 Å². The quantitative estimate of drug-likeness (QED) is 0.175. The Balaban J connectivity index is 1.36. The fourth-order valence-electron chi connectivity index (χ4n) is 7.97. The second kappa shape index (κ2) is 15.0. The molecule has 0 saturated heterocycles. The van der Waals surface area contributed by atoms with E-state index in [9.17, 15) is 5.11 Å². The molecule has 1 N–H and O–H groups in total. The number of hydrogen-bond donors (Lipinski definition) is 1. The van der Waals surface area contributed by atoms with Crippen LogP contribution in [0.5, 0.6) is 5.75 Å². The van der Waals surface area contributed by atoms with Gasteiger partial charge in [-0.3, -0.25) is 4.90 Å². The Bertz CT molecular complexity index is 2960. The first-order valence-electron chi connectivity index (χ1n) is 20.2. The van der Waals surface area contributed by atoms with Crippen molar-refractivity contribution in [3.63, 3.8) is 0 Å². The third kappa shape index (κ3) is 7.28. The zero-order chi connectivity index (χ0) is 40.9. The molecule has 0 aliphatic rings. The number of rotatable bonds is 7. The summed E-state index contributed by atoms with van der Waals surface area (Å²) in [6.07, 6.45) is 1.85. The normalized spacial score (nSPS) is 12.0. The SMILES string of the molecule is CC(C)(C)c1cc(-c2nc(-c3cc(-c4ccccc4)cc(N(c4ccccn4)c4ccccc4-c4ccccc4)c3)cc3c2sc2ccccc23)c(O)c(C(C)(C)C)c1. The fraction of sp³-hybridized carbons (Fsp3) is 0.148. The minimum Gasteiger partial charge on any atom is -0.507 e. The van der Waals surface area contributed by atoms with Crippen molar-refractivity contribution in [1.82, 2.24) is 9.97 Å². The van der Waals surface area contributed by atoms with Crippen LogP contribution in [0.4, 0.5) is 17.2 Å². The molecule has 0 amide bonds. The molecule has 6 aromatic carbocycles. The molecular weight excluding hydrogens is 739 g/mol. The standard InChI is InChI=1S/C54H47N3OS/c1-53(2,3)39-32-44(51(58)45(33-39)54(4,5)6)50-52-43(42-24-14-16-26-48(42)59-52)34-46(56-50)38-29-37(35-19-9-7-10-20-35)30-40(31-38)57(49-27-17-18-28-55-49)47-25-15-13-23-41(47)36-21-11-8-12-22-36/h7-34,58H,1-6H3. The maximum absolute atomic E-state index is 12.3. The predicted octanol–water partition coefficient (Wildman–Crippen LogP) is 15.3. The summed E-state index contributed by atoms with van der Waals surface area (Å²) in [5, 5.41) is 14.6. The van der Waals surface area contributed by atoms with E-state index in [1.165, 1.54) is 10.1 Å². The molecule has 9 rings (SSSR count). The zero-order valence-corrected chi connectivity index (χ0v) is 35.2. The summed E-state index contributed by atoms with van der Waals surface area (Å²) < 4.78 is 2.24. The number of phenols is 1. The Kier molecular flexibility index (Phi) is 9.65. The highest BCUT2D eigenvalue weighted by molar-refractivity contribution is 7.26. The molecule has 3 aromatic heterocycles. The minimum atomic E-state index is -0.291. The number of pyridine rings is 2. The van der Waals surface area contributed by atoms with Crippen molar-refractivity contribution in [2.24, 2.45) is 0 Å². The van der Waals surface area contributed by atoms with Gasteiger partial charge < -0.3 is 5.11 Å². The molecule has 0 radical (unpaired) electrons. The Morgan fingerprint density at radius 2 is 1.20 bits per heavy atom. The molecule has 0 atom stereocenters. The highest BCUT2D eigenvalue weighted by atomic mass is 32.1. The number of aromatic nitrogens is 2. The van der Waals surface area contributed by atoms with Gasteiger partial charge in [-0.2, -0.15) is 0 Å². The zero-order valence-electron chi connectivity index (χ0n) is 34.4. The second-order valence-corrected chi connectivity index (χ2v) is 18.3. The summed E-state index contributed by atoms with van der Waals surface area (Å²) in [7, 11) is 0. The smallest absolute Gasteiger partial charge is 0.137 e. The Labute approximate surface area is 351 Å². The number of para-hydroxylation sites is 1. The van der Waals surface area contributed by atoms with E-state index in [0.29, 0.717) is 0 Å². The lowest BCUT2D eigenvalue weighted by atomic mass is 9.78. The summed E-state index contributed by atoms with van der Waals surface area (Å²) in [5.74, 6) is 1.09. The molecule has 0 aliphatic carbocycles. The lowest BCUT2D eigenvalue weighted by Crippen LogP contribution is -2.17. The van der Waals surface area contributed by atoms with Crippen molar-refractivity contribution in [3.05, 3.63) is 181 Å². The van der Waals surface area contributed by atoms with Crippen LogP contribution in [0.3, 0.4) is 0 Å². The van der Waals surface area contributed by atoms with E-state index in [4.69, 9.17) is 9.97 Å². The van der Waals surface area contributed by atoms with Crippen molar-refractivity contribution in [1.29, 1.82) is 0 Å². The van der Waals surface area contributed by atoms with Gasteiger partial charge in [-0.15, -0.1) is 11.3 Å². The molecular formula is C54H47N3OS. The Hall–Kier alpha value is -6.56. The molecule has 3 heterocycles. The van der Waals surface area contributed by atoms with Gasteiger partial charge in [-0.25, -0.2) is 9.97 Å². The monoisotopic (exact) mass is 785 g/mol. The summed E-state index contributed by atoms with van der Waals surface area (Å²) in [6, 6.07) is 57.5. The van der Waals surface area contributed by atoms with E-state index < -0.39 is 0 Å². The number of fused-ring (bicyclic) bond motifs is 3. The molecule has 290 valence electrons. The number of nitrogens with zero attached hydrogens (tertiary/aromatic N) is 3. The van der Waals surface area contributed by atoms with Crippen LogP contribution < -0.4 is 4.90 Å². The van der Waals surface area contributed by atoms with Crippen molar-refractivity contribution in [2.45, 2.75) is 52.4 Å². The summed E-state index contributed by atoms with van der Waals surface area (Å²) in [6.45, 7) is 13.2. The number of thiophene rings is 1. The molecule has 59 heavy (non-hydrogen) atoms. The first kappa shape index (κ1) is 38.0. The first-order valence-corrected chi connectivity index (χ1v) is 21.0. The van der Waals surface area contributed by atoms with Gasteiger partial charge in [-0.05, 0) is 87.7 Å². The fourth-order valence-corrected chi connectivity index (χ4v) is 9.16. The Morgan fingerprint density at radius 3 is 1.92 bits per heavy atom. The van der Waals surface area contributed by atoms with Gasteiger partial charge in [0.05, 0.1) is 21.8 Å². The number of anilines is 3.